The summed E-state index contributed by atoms with van der Waals surface area (Å²) in [6.07, 6.45) is 2.13. The van der Waals surface area contributed by atoms with Crippen molar-refractivity contribution in [1.82, 2.24) is 4.98 Å². The molecule has 2 nitrogen and oxygen atoms in total. The molecule has 88 valence electrons. The van der Waals surface area contributed by atoms with Gasteiger partial charge in [0.05, 0.1) is 6.61 Å². The molecule has 0 fully saturated rings. The normalized spacial score (nSPS) is 18.1. The molecule has 2 aromatic carbocycles. The minimum absolute atomic E-state index is 0.0670. The highest BCUT2D eigenvalue weighted by Crippen LogP contribution is 2.38. The molecule has 0 amide bonds. The minimum Gasteiger partial charge on any atom is -0.364 e. The van der Waals surface area contributed by atoms with Crippen LogP contribution in [0.2, 0.25) is 0 Å². The molecular formula is C16H13NO. The summed E-state index contributed by atoms with van der Waals surface area (Å²) < 4.78 is 5.96. The summed E-state index contributed by atoms with van der Waals surface area (Å²) in [5.41, 5.74) is 4.99. The topological polar surface area (TPSA) is 25.0 Å². The molecule has 2 heterocycles. The van der Waals surface area contributed by atoms with Crippen LogP contribution in [0.4, 0.5) is 0 Å². The molecule has 1 atom stereocenters. The highest BCUT2D eigenvalue weighted by molar-refractivity contribution is 5.84. The van der Waals surface area contributed by atoms with Gasteiger partial charge in [0, 0.05) is 22.7 Å². The molecule has 1 aliphatic rings. The first-order valence-electron chi connectivity index (χ1n) is 6.19. The van der Waals surface area contributed by atoms with Crippen LogP contribution >= 0.6 is 0 Å². The predicted octanol–water partition coefficient (Wildman–Crippen LogP) is 3.79. The van der Waals surface area contributed by atoms with Crippen molar-refractivity contribution in [2.45, 2.75) is 12.7 Å². The number of aromatic amines is 1. The smallest absolute Gasteiger partial charge is 0.110 e. The number of aromatic nitrogens is 1. The molecule has 1 aliphatic heterocycles. The van der Waals surface area contributed by atoms with Gasteiger partial charge in [-0.3, -0.25) is 0 Å². The van der Waals surface area contributed by atoms with Crippen molar-refractivity contribution in [3.63, 3.8) is 0 Å². The van der Waals surface area contributed by atoms with Crippen molar-refractivity contribution in [3.8, 4) is 0 Å². The molecule has 0 radical (unpaired) electrons. The molecule has 4 rings (SSSR count). The Morgan fingerprint density at radius 2 is 1.78 bits per heavy atom. The van der Waals surface area contributed by atoms with Crippen LogP contribution in [-0.2, 0) is 11.3 Å². The summed E-state index contributed by atoms with van der Waals surface area (Å²) in [5.74, 6) is 0. The zero-order chi connectivity index (χ0) is 11.9. The van der Waals surface area contributed by atoms with Gasteiger partial charge in [0.2, 0.25) is 0 Å². The molecule has 18 heavy (non-hydrogen) atoms. The van der Waals surface area contributed by atoms with Crippen molar-refractivity contribution < 1.29 is 4.74 Å². The van der Waals surface area contributed by atoms with Gasteiger partial charge in [0.25, 0.3) is 0 Å². The fourth-order valence-corrected chi connectivity index (χ4v) is 2.75. The summed E-state index contributed by atoms with van der Waals surface area (Å²) in [4.78, 5) is 3.32. The van der Waals surface area contributed by atoms with Gasteiger partial charge >= 0.3 is 0 Å². The van der Waals surface area contributed by atoms with Gasteiger partial charge in [0.1, 0.15) is 6.10 Å². The lowest BCUT2D eigenvalue weighted by Gasteiger charge is -2.10. The molecule has 2 heteroatoms. The van der Waals surface area contributed by atoms with Crippen LogP contribution < -0.4 is 0 Å². The fraction of sp³-hybridized carbons (Fsp3) is 0.125. The third-order valence-electron chi connectivity index (χ3n) is 3.65. The number of hydrogen-bond donors (Lipinski definition) is 1. The Kier molecular flexibility index (Phi) is 2.05. The predicted molar refractivity (Wildman–Crippen MR) is 71.4 cm³/mol. The molecule has 1 N–H and O–H groups in total. The number of H-pyrrole nitrogens is 1. The van der Waals surface area contributed by atoms with E-state index >= 15 is 0 Å². The zero-order valence-corrected chi connectivity index (χ0v) is 9.89. The van der Waals surface area contributed by atoms with Crippen LogP contribution in [0.3, 0.4) is 0 Å². The van der Waals surface area contributed by atoms with E-state index in [2.05, 4.69) is 53.6 Å². The lowest BCUT2D eigenvalue weighted by Crippen LogP contribution is -1.96. The SMILES string of the molecule is c1ccc2c(c1)COC2c1c[nH]c2ccccc12. The average Bonchev–Trinajstić information content (AvgIpc) is 3.01. The van der Waals surface area contributed by atoms with Crippen LogP contribution in [-0.4, -0.2) is 4.98 Å². The summed E-state index contributed by atoms with van der Waals surface area (Å²) in [6.45, 7) is 0.709. The van der Waals surface area contributed by atoms with Gasteiger partial charge in [-0.2, -0.15) is 0 Å². The van der Waals surface area contributed by atoms with E-state index in [4.69, 9.17) is 4.74 Å². The van der Waals surface area contributed by atoms with Gasteiger partial charge < -0.3 is 9.72 Å². The fourth-order valence-electron chi connectivity index (χ4n) is 2.75. The van der Waals surface area contributed by atoms with E-state index < -0.39 is 0 Å². The Labute approximate surface area is 105 Å². The number of nitrogens with one attached hydrogen (secondary N) is 1. The van der Waals surface area contributed by atoms with Gasteiger partial charge in [-0.1, -0.05) is 42.5 Å². The monoisotopic (exact) mass is 235 g/mol. The first kappa shape index (κ1) is 9.92. The maximum atomic E-state index is 5.96. The number of rotatable bonds is 1. The van der Waals surface area contributed by atoms with Crippen LogP contribution in [0.15, 0.2) is 54.7 Å². The molecule has 0 spiro atoms. The van der Waals surface area contributed by atoms with Gasteiger partial charge in [0.15, 0.2) is 0 Å². The molecule has 0 saturated carbocycles. The summed E-state index contributed by atoms with van der Waals surface area (Å²) in [5, 5.41) is 1.25. The molecule has 0 bridgehead atoms. The van der Waals surface area contributed by atoms with Crippen molar-refractivity contribution >= 4 is 10.9 Å². The van der Waals surface area contributed by atoms with E-state index in [0.717, 1.165) is 0 Å². The Bertz CT molecular complexity index is 714. The van der Waals surface area contributed by atoms with Gasteiger partial charge in [-0.05, 0) is 17.2 Å². The van der Waals surface area contributed by atoms with E-state index in [9.17, 15) is 0 Å². The molecule has 3 aromatic rings. The Hall–Kier alpha value is -2.06. The molecule has 1 unspecified atom stereocenters. The highest BCUT2D eigenvalue weighted by Gasteiger charge is 2.26. The first-order chi connectivity index (χ1) is 8.93. The van der Waals surface area contributed by atoms with E-state index in [-0.39, 0.29) is 6.10 Å². The Balaban J connectivity index is 1.90. The minimum atomic E-state index is 0.0670. The van der Waals surface area contributed by atoms with Crippen LogP contribution in [0.5, 0.6) is 0 Å². The maximum absolute atomic E-state index is 5.96. The Morgan fingerprint density at radius 1 is 0.944 bits per heavy atom. The number of benzene rings is 2. The Morgan fingerprint density at radius 3 is 2.78 bits per heavy atom. The number of ether oxygens (including phenoxy) is 1. The quantitative estimate of drug-likeness (QED) is 0.682. The number of hydrogen-bond acceptors (Lipinski definition) is 1. The third-order valence-corrected chi connectivity index (χ3v) is 3.65. The van der Waals surface area contributed by atoms with Gasteiger partial charge in [-0.15, -0.1) is 0 Å². The van der Waals surface area contributed by atoms with E-state index in [1.165, 1.54) is 27.6 Å². The van der Waals surface area contributed by atoms with Crippen molar-refractivity contribution in [1.29, 1.82) is 0 Å². The molecule has 0 saturated heterocycles. The largest absolute Gasteiger partial charge is 0.364 e. The van der Waals surface area contributed by atoms with Gasteiger partial charge in [-0.25, -0.2) is 0 Å². The lowest BCUT2D eigenvalue weighted by molar-refractivity contribution is 0.0949. The number of fused-ring (bicyclic) bond motifs is 2. The zero-order valence-electron chi connectivity index (χ0n) is 9.89. The third kappa shape index (κ3) is 1.33. The second-order valence-corrected chi connectivity index (χ2v) is 4.68. The summed E-state index contributed by atoms with van der Waals surface area (Å²) in [6, 6.07) is 16.8. The molecule has 0 aliphatic carbocycles. The summed E-state index contributed by atoms with van der Waals surface area (Å²) in [7, 11) is 0. The second kappa shape index (κ2) is 3.72. The lowest BCUT2D eigenvalue weighted by atomic mass is 9.99. The van der Waals surface area contributed by atoms with E-state index in [0.29, 0.717) is 6.61 Å². The highest BCUT2D eigenvalue weighted by atomic mass is 16.5. The first-order valence-corrected chi connectivity index (χ1v) is 6.19. The average molecular weight is 235 g/mol. The standard InChI is InChI=1S/C16H13NO/c1-2-6-12-11(5-1)10-18-16(12)14-9-17-15-8-4-3-7-13(14)15/h1-9,16-17H,10H2. The van der Waals surface area contributed by atoms with Crippen molar-refractivity contribution in [3.05, 3.63) is 71.4 Å². The van der Waals surface area contributed by atoms with E-state index in [1.807, 2.05) is 6.07 Å². The maximum Gasteiger partial charge on any atom is 0.110 e. The van der Waals surface area contributed by atoms with Crippen LogP contribution in [0.25, 0.3) is 10.9 Å². The van der Waals surface area contributed by atoms with Crippen molar-refractivity contribution in [2.24, 2.45) is 0 Å². The summed E-state index contributed by atoms with van der Waals surface area (Å²) >= 11 is 0. The molecule has 1 aromatic heterocycles. The van der Waals surface area contributed by atoms with E-state index in [1.54, 1.807) is 0 Å². The van der Waals surface area contributed by atoms with Crippen LogP contribution in [0.1, 0.15) is 22.8 Å². The number of para-hydroxylation sites is 1. The van der Waals surface area contributed by atoms with Crippen LogP contribution in [0, 0.1) is 0 Å². The van der Waals surface area contributed by atoms with Crippen molar-refractivity contribution in [2.75, 3.05) is 0 Å². The second-order valence-electron chi connectivity index (χ2n) is 4.68. The molecular weight excluding hydrogens is 222 g/mol.